The summed E-state index contributed by atoms with van der Waals surface area (Å²) in [6.45, 7) is 12.9. The van der Waals surface area contributed by atoms with Crippen LogP contribution in [0.3, 0.4) is 0 Å². The number of aryl methyl sites for hydroxylation is 8. The van der Waals surface area contributed by atoms with E-state index in [0.717, 1.165) is 58.6 Å². The molecule has 3 nitrogen and oxygen atoms in total. The molecule has 0 N–H and O–H groups in total. The molecule has 41 heavy (non-hydrogen) atoms. The topological polar surface area (TPSA) is 23.3 Å². The van der Waals surface area contributed by atoms with Crippen molar-refractivity contribution < 1.29 is 4.79 Å². The van der Waals surface area contributed by atoms with E-state index < -0.39 is 0 Å². The highest BCUT2D eigenvalue weighted by Crippen LogP contribution is 2.37. The highest BCUT2D eigenvalue weighted by atomic mass is 16.1. The first-order valence-electron chi connectivity index (χ1n) is 15.0. The number of benzene rings is 4. The quantitative estimate of drug-likeness (QED) is 0.237. The van der Waals surface area contributed by atoms with Crippen molar-refractivity contribution in [2.24, 2.45) is 0 Å². The van der Waals surface area contributed by atoms with Crippen LogP contribution >= 0.6 is 0 Å². The number of hydrogen-bond donors (Lipinski definition) is 0. The van der Waals surface area contributed by atoms with Gasteiger partial charge in [-0.25, -0.2) is 0 Å². The third-order valence-electron chi connectivity index (χ3n) is 9.21. The summed E-state index contributed by atoms with van der Waals surface area (Å²) >= 11 is 0. The molecule has 1 atom stereocenters. The van der Waals surface area contributed by atoms with E-state index in [9.17, 15) is 4.79 Å². The smallest absolute Gasteiger partial charge is 0.268 e. The SMILES string of the molecule is Cc1ccc([N+]2=C(c3c(C)cc(C)cc3C)C(=O)c3cc(CCc4ccc5c(c4)CCC(C)N5C)ccc32)c(C)c1. The normalized spacial score (nSPS) is 16.3. The van der Waals surface area contributed by atoms with Crippen molar-refractivity contribution in [1.29, 1.82) is 0 Å². The van der Waals surface area contributed by atoms with Crippen LogP contribution in [-0.4, -0.2) is 24.6 Å². The number of anilines is 1. The maximum absolute atomic E-state index is 14.3. The minimum absolute atomic E-state index is 0.114. The third-order valence-corrected chi connectivity index (χ3v) is 9.21. The van der Waals surface area contributed by atoms with Gasteiger partial charge in [-0.1, -0.05) is 47.5 Å². The van der Waals surface area contributed by atoms with Gasteiger partial charge in [0.1, 0.15) is 5.56 Å². The Morgan fingerprint density at radius 2 is 1.39 bits per heavy atom. The molecule has 0 fully saturated rings. The minimum atomic E-state index is 0.114. The van der Waals surface area contributed by atoms with Gasteiger partial charge >= 0.3 is 0 Å². The lowest BCUT2D eigenvalue weighted by Gasteiger charge is -2.34. The molecule has 0 spiro atoms. The second kappa shape index (κ2) is 10.4. The van der Waals surface area contributed by atoms with E-state index in [1.54, 1.807) is 0 Å². The number of hydrogen-bond acceptors (Lipinski definition) is 2. The molecule has 2 aliphatic heterocycles. The molecule has 0 aliphatic carbocycles. The molecular formula is C38H41N2O+. The summed E-state index contributed by atoms with van der Waals surface area (Å²) in [5.41, 5.74) is 16.0. The average molecular weight is 542 g/mol. The Hall–Kier alpha value is -3.98. The van der Waals surface area contributed by atoms with Crippen molar-refractivity contribution in [3.8, 4) is 0 Å². The van der Waals surface area contributed by atoms with E-state index in [1.807, 2.05) is 0 Å². The lowest BCUT2D eigenvalue weighted by atomic mass is 9.92. The predicted octanol–water partition coefficient (Wildman–Crippen LogP) is 8.31. The molecule has 6 rings (SSSR count). The van der Waals surface area contributed by atoms with Crippen LogP contribution in [0.1, 0.15) is 73.8 Å². The highest BCUT2D eigenvalue weighted by molar-refractivity contribution is 6.55. The second-order valence-electron chi connectivity index (χ2n) is 12.4. The molecule has 0 bridgehead atoms. The summed E-state index contributed by atoms with van der Waals surface area (Å²) in [5, 5.41) is 0. The molecule has 3 heteroatoms. The molecule has 1 unspecified atom stereocenters. The van der Waals surface area contributed by atoms with Crippen molar-refractivity contribution in [1.82, 2.24) is 4.58 Å². The number of Topliss-reactive ketones (excluding diaryl/α,β-unsaturated/α-hetero) is 1. The number of carbonyl (C=O) groups excluding carboxylic acids is 1. The van der Waals surface area contributed by atoms with Crippen LogP contribution in [0.2, 0.25) is 0 Å². The van der Waals surface area contributed by atoms with Crippen molar-refractivity contribution in [2.75, 3.05) is 11.9 Å². The largest absolute Gasteiger partial charge is 0.372 e. The van der Waals surface area contributed by atoms with E-state index in [-0.39, 0.29) is 5.78 Å². The molecule has 0 aromatic heterocycles. The number of nitrogens with zero attached hydrogens (tertiary/aromatic N) is 2. The zero-order chi connectivity index (χ0) is 29.0. The van der Waals surface area contributed by atoms with Gasteiger partial charge in [-0.15, -0.1) is 4.58 Å². The summed E-state index contributed by atoms with van der Waals surface area (Å²) in [5.74, 6) is 0.114. The lowest BCUT2D eigenvalue weighted by molar-refractivity contribution is 0.106. The molecule has 208 valence electrons. The zero-order valence-electron chi connectivity index (χ0n) is 25.6. The first-order chi connectivity index (χ1) is 19.6. The van der Waals surface area contributed by atoms with E-state index in [4.69, 9.17) is 0 Å². The van der Waals surface area contributed by atoms with Crippen molar-refractivity contribution in [3.63, 3.8) is 0 Å². The molecule has 4 aromatic carbocycles. The van der Waals surface area contributed by atoms with Crippen molar-refractivity contribution >= 4 is 28.6 Å². The van der Waals surface area contributed by atoms with Gasteiger partial charge in [0, 0.05) is 36.5 Å². The maximum atomic E-state index is 14.3. The molecule has 2 heterocycles. The van der Waals surface area contributed by atoms with E-state index in [2.05, 4.69) is 125 Å². The Kier molecular flexibility index (Phi) is 6.93. The Balaban J connectivity index is 1.37. The van der Waals surface area contributed by atoms with Crippen LogP contribution < -0.4 is 9.48 Å². The Labute approximate surface area is 245 Å². The Morgan fingerprint density at radius 3 is 2.10 bits per heavy atom. The first-order valence-corrected chi connectivity index (χ1v) is 15.0. The Morgan fingerprint density at radius 1 is 0.756 bits per heavy atom. The number of ketones is 1. The molecule has 4 aromatic rings. The second-order valence-corrected chi connectivity index (χ2v) is 12.4. The van der Waals surface area contributed by atoms with Crippen LogP contribution in [0.15, 0.2) is 66.7 Å². The highest BCUT2D eigenvalue weighted by Gasteiger charge is 2.42. The van der Waals surface area contributed by atoms with Gasteiger partial charge in [-0.2, -0.15) is 0 Å². The van der Waals surface area contributed by atoms with Gasteiger partial charge in [0.2, 0.25) is 11.4 Å². The summed E-state index contributed by atoms with van der Waals surface area (Å²) in [6, 6.07) is 25.0. The van der Waals surface area contributed by atoms with E-state index >= 15 is 0 Å². The molecule has 0 saturated carbocycles. The molecule has 0 amide bonds. The zero-order valence-corrected chi connectivity index (χ0v) is 25.6. The maximum Gasteiger partial charge on any atom is 0.268 e. The lowest BCUT2D eigenvalue weighted by Crippen LogP contribution is -2.33. The minimum Gasteiger partial charge on any atom is -0.372 e. The Bertz CT molecular complexity index is 1720. The molecule has 0 radical (unpaired) electrons. The summed E-state index contributed by atoms with van der Waals surface area (Å²) < 4.78 is 2.21. The third kappa shape index (κ3) is 4.82. The number of rotatable bonds is 5. The van der Waals surface area contributed by atoms with Crippen LogP contribution in [0.5, 0.6) is 0 Å². The van der Waals surface area contributed by atoms with Crippen LogP contribution in [0, 0.1) is 34.6 Å². The molecular weight excluding hydrogens is 500 g/mol. The van der Waals surface area contributed by atoms with Gasteiger partial charge in [-0.3, -0.25) is 4.79 Å². The first kappa shape index (κ1) is 27.2. The number of fused-ring (bicyclic) bond motifs is 2. The number of carbonyl (C=O) groups is 1. The van der Waals surface area contributed by atoms with Gasteiger partial charge < -0.3 is 4.90 Å². The van der Waals surface area contributed by atoms with Gasteiger partial charge in [0.25, 0.3) is 11.5 Å². The van der Waals surface area contributed by atoms with Crippen molar-refractivity contribution in [2.45, 2.75) is 73.3 Å². The monoisotopic (exact) mass is 541 g/mol. The summed E-state index contributed by atoms with van der Waals surface area (Å²) in [6.07, 6.45) is 4.22. The molecule has 0 saturated heterocycles. The predicted molar refractivity (Wildman–Crippen MR) is 173 cm³/mol. The van der Waals surface area contributed by atoms with Gasteiger partial charge in [0.05, 0.1) is 5.56 Å². The standard InChI is InChI=1S/C38H41N2O/c1-23-8-15-33(25(3)18-23)40-35-17-13-30(11-10-29-12-16-34-31(21-29)14-9-28(6)39(34)7)22-32(35)38(41)37(40)36-26(4)19-24(2)20-27(36)5/h8,12-13,15-22,28H,9-11,14H2,1-7H3/q+1. The average Bonchev–Trinajstić information content (AvgIpc) is 3.20. The van der Waals surface area contributed by atoms with E-state index in [1.165, 1.54) is 45.5 Å². The van der Waals surface area contributed by atoms with Crippen LogP contribution in [-0.2, 0) is 19.3 Å². The van der Waals surface area contributed by atoms with Crippen LogP contribution in [0.25, 0.3) is 0 Å². The fourth-order valence-corrected chi connectivity index (χ4v) is 6.97. The fourth-order valence-electron chi connectivity index (χ4n) is 6.97. The van der Waals surface area contributed by atoms with E-state index in [0.29, 0.717) is 6.04 Å². The van der Waals surface area contributed by atoms with Crippen molar-refractivity contribution in [3.05, 3.63) is 122 Å². The summed E-state index contributed by atoms with van der Waals surface area (Å²) in [4.78, 5) is 16.7. The van der Waals surface area contributed by atoms with Gasteiger partial charge in [-0.05, 0) is 113 Å². The summed E-state index contributed by atoms with van der Waals surface area (Å²) in [7, 11) is 2.20. The van der Waals surface area contributed by atoms with Gasteiger partial charge in [0.15, 0.2) is 0 Å². The fraction of sp³-hybridized carbons (Fsp3) is 0.316. The molecule has 2 aliphatic rings. The van der Waals surface area contributed by atoms with Crippen LogP contribution in [0.4, 0.5) is 17.1 Å².